The van der Waals surface area contributed by atoms with Gasteiger partial charge in [0.05, 0.1) is 5.56 Å². The van der Waals surface area contributed by atoms with Gasteiger partial charge in [0, 0.05) is 27.6 Å². The van der Waals surface area contributed by atoms with Crippen molar-refractivity contribution in [3.63, 3.8) is 0 Å². The minimum absolute atomic E-state index is 0.211. The molecule has 1 N–H and O–H groups in total. The largest absolute Gasteiger partial charge is 0.361 e. The number of rotatable bonds is 2. The molecular formula is C19H13ClN2O2. The van der Waals surface area contributed by atoms with Crippen LogP contribution in [0.15, 0.2) is 63.9 Å². The Labute approximate surface area is 142 Å². The zero-order valence-corrected chi connectivity index (χ0v) is 13.6. The van der Waals surface area contributed by atoms with Gasteiger partial charge in [-0.25, -0.2) is 0 Å². The lowest BCUT2D eigenvalue weighted by molar-refractivity contribution is 0.399. The number of hydrogen-bond acceptors (Lipinski definition) is 3. The van der Waals surface area contributed by atoms with Gasteiger partial charge in [-0.1, -0.05) is 47.1 Å². The van der Waals surface area contributed by atoms with Crippen LogP contribution in [0, 0.1) is 6.92 Å². The lowest BCUT2D eigenvalue weighted by Crippen LogP contribution is -2.11. The molecule has 2 heterocycles. The highest BCUT2D eigenvalue weighted by Gasteiger charge is 2.19. The minimum Gasteiger partial charge on any atom is -0.361 e. The number of benzene rings is 2. The van der Waals surface area contributed by atoms with E-state index in [2.05, 4.69) is 10.1 Å². The summed E-state index contributed by atoms with van der Waals surface area (Å²) in [7, 11) is 0. The second-order valence-corrected chi connectivity index (χ2v) is 6.02. The molecule has 0 aliphatic carbocycles. The van der Waals surface area contributed by atoms with Crippen LogP contribution >= 0.6 is 11.6 Å². The fraction of sp³-hybridized carbons (Fsp3) is 0.0526. The van der Waals surface area contributed by atoms with Gasteiger partial charge in [0.25, 0.3) is 5.56 Å². The van der Waals surface area contributed by atoms with E-state index in [0.717, 1.165) is 22.0 Å². The van der Waals surface area contributed by atoms with Crippen molar-refractivity contribution in [3.05, 3.63) is 75.7 Å². The van der Waals surface area contributed by atoms with Gasteiger partial charge in [-0.3, -0.25) is 4.79 Å². The maximum atomic E-state index is 12.8. The summed E-state index contributed by atoms with van der Waals surface area (Å²) in [6.07, 6.45) is 0. The first-order chi connectivity index (χ1) is 11.6. The molecule has 0 aliphatic heterocycles. The van der Waals surface area contributed by atoms with Crippen LogP contribution in [0.3, 0.4) is 0 Å². The number of hydrogen-bond donors (Lipinski definition) is 1. The number of pyridine rings is 1. The van der Waals surface area contributed by atoms with Crippen LogP contribution in [0.1, 0.15) is 5.76 Å². The lowest BCUT2D eigenvalue weighted by atomic mass is 9.94. The molecule has 0 atom stereocenters. The van der Waals surface area contributed by atoms with Crippen molar-refractivity contribution >= 4 is 22.5 Å². The Morgan fingerprint density at radius 2 is 1.83 bits per heavy atom. The quantitative estimate of drug-likeness (QED) is 0.571. The second kappa shape index (κ2) is 5.65. The zero-order chi connectivity index (χ0) is 16.7. The van der Waals surface area contributed by atoms with Crippen LogP contribution in [0.5, 0.6) is 0 Å². The second-order valence-electron chi connectivity index (χ2n) is 5.58. The van der Waals surface area contributed by atoms with Crippen molar-refractivity contribution in [1.29, 1.82) is 0 Å². The SMILES string of the molecule is Cc1cc(-c2c(-c3ccccc3)c3cc(Cl)ccc3[nH]c2=O)no1. The Balaban J connectivity index is 2.18. The van der Waals surface area contributed by atoms with Crippen molar-refractivity contribution in [2.75, 3.05) is 0 Å². The van der Waals surface area contributed by atoms with Crippen LogP contribution in [0.25, 0.3) is 33.3 Å². The van der Waals surface area contributed by atoms with E-state index in [1.165, 1.54) is 0 Å². The standard InChI is InChI=1S/C19H13ClN2O2/c1-11-9-16(22-24-11)18-17(12-5-3-2-4-6-12)14-10-13(20)7-8-15(14)21-19(18)23/h2-10H,1H3,(H,21,23). The maximum Gasteiger partial charge on any atom is 0.258 e. The summed E-state index contributed by atoms with van der Waals surface area (Å²) in [5, 5.41) is 5.50. The Hall–Kier alpha value is -2.85. The molecule has 4 aromatic rings. The molecular weight excluding hydrogens is 324 g/mol. The Morgan fingerprint density at radius 1 is 1.04 bits per heavy atom. The molecule has 2 aromatic heterocycles. The summed E-state index contributed by atoms with van der Waals surface area (Å²) < 4.78 is 5.17. The van der Waals surface area contributed by atoms with E-state index >= 15 is 0 Å². The number of nitrogens with one attached hydrogen (secondary N) is 1. The number of H-pyrrole nitrogens is 1. The topological polar surface area (TPSA) is 58.9 Å². The van der Waals surface area contributed by atoms with E-state index in [4.69, 9.17) is 16.1 Å². The fourth-order valence-electron chi connectivity index (χ4n) is 2.90. The van der Waals surface area contributed by atoms with E-state index < -0.39 is 0 Å². The Kier molecular flexibility index (Phi) is 3.47. The molecule has 0 amide bonds. The van der Waals surface area contributed by atoms with E-state index in [-0.39, 0.29) is 5.56 Å². The molecule has 0 unspecified atom stereocenters. The summed E-state index contributed by atoms with van der Waals surface area (Å²) >= 11 is 6.19. The molecule has 4 rings (SSSR count). The van der Waals surface area contributed by atoms with E-state index in [9.17, 15) is 4.79 Å². The Bertz CT molecular complexity index is 1100. The maximum absolute atomic E-state index is 12.8. The highest BCUT2D eigenvalue weighted by molar-refractivity contribution is 6.31. The van der Waals surface area contributed by atoms with Crippen molar-refractivity contribution in [3.8, 4) is 22.4 Å². The number of aryl methyl sites for hydroxylation is 1. The predicted octanol–water partition coefficient (Wildman–Crippen LogP) is 4.81. The summed E-state index contributed by atoms with van der Waals surface area (Å²) in [4.78, 5) is 15.7. The average Bonchev–Trinajstić information content (AvgIpc) is 3.01. The van der Waals surface area contributed by atoms with Crippen LogP contribution in [0.2, 0.25) is 5.02 Å². The summed E-state index contributed by atoms with van der Waals surface area (Å²) in [6.45, 7) is 1.80. The minimum atomic E-state index is -0.211. The molecule has 0 saturated heterocycles. The monoisotopic (exact) mass is 336 g/mol. The van der Waals surface area contributed by atoms with Crippen LogP contribution < -0.4 is 5.56 Å². The molecule has 2 aromatic carbocycles. The van der Waals surface area contributed by atoms with Crippen molar-refractivity contribution < 1.29 is 4.52 Å². The number of halogens is 1. The number of fused-ring (bicyclic) bond motifs is 1. The lowest BCUT2D eigenvalue weighted by Gasteiger charge is -2.11. The van der Waals surface area contributed by atoms with E-state index in [1.54, 1.807) is 19.1 Å². The molecule has 0 radical (unpaired) electrons. The Morgan fingerprint density at radius 3 is 2.54 bits per heavy atom. The van der Waals surface area contributed by atoms with Gasteiger partial charge in [0.2, 0.25) is 0 Å². The van der Waals surface area contributed by atoms with Gasteiger partial charge in [-0.15, -0.1) is 0 Å². The molecule has 0 bridgehead atoms. The molecule has 118 valence electrons. The molecule has 0 saturated carbocycles. The summed E-state index contributed by atoms with van der Waals surface area (Å²) in [5.74, 6) is 0.648. The summed E-state index contributed by atoms with van der Waals surface area (Å²) in [5.41, 5.74) is 3.23. The van der Waals surface area contributed by atoms with Crippen molar-refractivity contribution in [1.82, 2.24) is 10.1 Å². The average molecular weight is 337 g/mol. The van der Waals surface area contributed by atoms with Gasteiger partial charge < -0.3 is 9.51 Å². The predicted molar refractivity (Wildman–Crippen MR) is 95.2 cm³/mol. The third kappa shape index (κ3) is 2.41. The van der Waals surface area contributed by atoms with Crippen LogP contribution in [-0.4, -0.2) is 10.1 Å². The first-order valence-corrected chi connectivity index (χ1v) is 7.86. The van der Waals surface area contributed by atoms with E-state index in [0.29, 0.717) is 22.0 Å². The normalized spacial score (nSPS) is 11.1. The number of aromatic amines is 1. The first-order valence-electron chi connectivity index (χ1n) is 7.48. The molecule has 24 heavy (non-hydrogen) atoms. The zero-order valence-electron chi connectivity index (χ0n) is 12.8. The highest BCUT2D eigenvalue weighted by atomic mass is 35.5. The van der Waals surface area contributed by atoms with Gasteiger partial charge in [0.1, 0.15) is 11.5 Å². The first kappa shape index (κ1) is 14.7. The van der Waals surface area contributed by atoms with Crippen molar-refractivity contribution in [2.45, 2.75) is 6.92 Å². The smallest absolute Gasteiger partial charge is 0.258 e. The fourth-order valence-corrected chi connectivity index (χ4v) is 3.07. The molecule has 5 heteroatoms. The van der Waals surface area contributed by atoms with Gasteiger partial charge in [-0.2, -0.15) is 0 Å². The third-order valence-electron chi connectivity index (χ3n) is 3.92. The van der Waals surface area contributed by atoms with Crippen LogP contribution in [0.4, 0.5) is 0 Å². The third-order valence-corrected chi connectivity index (χ3v) is 4.16. The van der Waals surface area contributed by atoms with E-state index in [1.807, 2.05) is 42.5 Å². The van der Waals surface area contributed by atoms with Gasteiger partial charge in [-0.05, 0) is 30.7 Å². The number of aromatic nitrogens is 2. The summed E-state index contributed by atoms with van der Waals surface area (Å²) in [6, 6.07) is 16.9. The van der Waals surface area contributed by atoms with Crippen LogP contribution in [-0.2, 0) is 0 Å². The molecule has 4 nitrogen and oxygen atoms in total. The molecule has 0 aliphatic rings. The molecule has 0 spiro atoms. The molecule has 0 fully saturated rings. The van der Waals surface area contributed by atoms with Gasteiger partial charge >= 0.3 is 0 Å². The van der Waals surface area contributed by atoms with Gasteiger partial charge in [0.15, 0.2) is 0 Å². The van der Waals surface area contributed by atoms with Crippen molar-refractivity contribution in [2.24, 2.45) is 0 Å². The highest BCUT2D eigenvalue weighted by Crippen LogP contribution is 2.35. The number of nitrogens with zero attached hydrogens (tertiary/aromatic N) is 1.